The van der Waals surface area contributed by atoms with Crippen LogP contribution >= 0.6 is 0 Å². The van der Waals surface area contributed by atoms with Gasteiger partial charge in [0.1, 0.15) is 23.2 Å². The van der Waals surface area contributed by atoms with Crippen LogP contribution in [0.4, 0.5) is 15.0 Å². The van der Waals surface area contributed by atoms with Crippen LogP contribution in [0.15, 0.2) is 78.1 Å². The molecule has 1 saturated carbocycles. The van der Waals surface area contributed by atoms with E-state index in [1.54, 1.807) is 25.4 Å². The van der Waals surface area contributed by atoms with Gasteiger partial charge in [0.15, 0.2) is 0 Å². The summed E-state index contributed by atoms with van der Waals surface area (Å²) in [4.78, 5) is 16.8. The fourth-order valence-corrected chi connectivity index (χ4v) is 3.98. The van der Waals surface area contributed by atoms with Gasteiger partial charge in [0.25, 0.3) is 0 Å². The van der Waals surface area contributed by atoms with Gasteiger partial charge in [0.05, 0.1) is 5.70 Å². The van der Waals surface area contributed by atoms with Crippen molar-refractivity contribution in [2.24, 2.45) is 5.92 Å². The van der Waals surface area contributed by atoms with Crippen LogP contribution in [0, 0.1) is 5.92 Å². The summed E-state index contributed by atoms with van der Waals surface area (Å²) in [6, 6.07) is 11.5. The fraction of sp³-hybridized carbons (Fsp3) is 0.308. The number of urea groups is 1. The molecule has 1 fully saturated rings. The first-order chi connectivity index (χ1) is 16.0. The highest BCUT2D eigenvalue weighted by Gasteiger charge is 2.39. The first-order valence-electron chi connectivity index (χ1n) is 11.3. The number of pyridine rings is 1. The van der Waals surface area contributed by atoms with Crippen molar-refractivity contribution in [1.82, 2.24) is 15.6 Å². The molecule has 172 valence electrons. The Labute approximate surface area is 193 Å². The number of nitrogens with zero attached hydrogens (tertiary/aromatic N) is 1. The van der Waals surface area contributed by atoms with E-state index in [2.05, 4.69) is 33.1 Å². The van der Waals surface area contributed by atoms with Crippen LogP contribution in [-0.2, 0) is 6.42 Å². The number of amides is 2. The van der Waals surface area contributed by atoms with Gasteiger partial charge in [-0.05, 0) is 30.5 Å². The monoisotopic (exact) mass is 448 g/mol. The second-order valence-electron chi connectivity index (χ2n) is 8.26. The molecule has 33 heavy (non-hydrogen) atoms. The molecular weight excluding hydrogens is 419 g/mol. The molecule has 7 heteroatoms. The number of benzene rings is 1. The van der Waals surface area contributed by atoms with Gasteiger partial charge in [-0.15, -0.1) is 0 Å². The van der Waals surface area contributed by atoms with Crippen molar-refractivity contribution in [2.75, 3.05) is 12.4 Å². The largest absolute Gasteiger partial charge is 0.461 e. The van der Waals surface area contributed by atoms with E-state index in [-0.39, 0.29) is 17.7 Å². The number of carbonyl (C=O) groups excluding carboxylic acids is 1. The molecule has 2 aromatic rings. The molecule has 2 amide bonds. The van der Waals surface area contributed by atoms with Gasteiger partial charge < -0.3 is 20.7 Å². The van der Waals surface area contributed by atoms with Crippen LogP contribution in [-0.4, -0.2) is 24.1 Å². The highest BCUT2D eigenvalue weighted by molar-refractivity contribution is 5.77. The number of ether oxygens (including phenoxy) is 1. The van der Waals surface area contributed by atoms with Crippen molar-refractivity contribution in [2.45, 2.75) is 38.6 Å². The van der Waals surface area contributed by atoms with E-state index in [4.69, 9.17) is 4.74 Å². The molecule has 1 heterocycles. The second-order valence-corrected chi connectivity index (χ2v) is 8.26. The van der Waals surface area contributed by atoms with E-state index in [0.29, 0.717) is 23.8 Å². The zero-order chi connectivity index (χ0) is 23.4. The predicted octanol–water partition coefficient (Wildman–Crippen LogP) is 5.19. The highest BCUT2D eigenvalue weighted by atomic mass is 19.1. The molecule has 4 rings (SSSR count). The normalized spacial score (nSPS) is 21.7. The molecule has 3 N–H and O–H groups in total. The topological polar surface area (TPSA) is 75.3 Å². The van der Waals surface area contributed by atoms with E-state index >= 15 is 4.39 Å². The summed E-state index contributed by atoms with van der Waals surface area (Å²) < 4.78 is 21.1. The van der Waals surface area contributed by atoms with E-state index in [0.717, 1.165) is 17.8 Å². The molecule has 0 bridgehead atoms. The number of rotatable bonds is 7. The Balaban J connectivity index is 1.44. The van der Waals surface area contributed by atoms with Crippen LogP contribution in [0.3, 0.4) is 0 Å². The first kappa shape index (κ1) is 22.6. The molecule has 0 spiro atoms. The van der Waals surface area contributed by atoms with Crippen LogP contribution in [0.2, 0.25) is 0 Å². The molecule has 1 unspecified atom stereocenters. The number of nitrogens with one attached hydrogen (secondary N) is 3. The number of anilines is 1. The smallest absolute Gasteiger partial charge is 0.319 e. The Kier molecular flexibility index (Phi) is 6.77. The third-order valence-electron chi connectivity index (χ3n) is 5.94. The van der Waals surface area contributed by atoms with Gasteiger partial charge in [-0.1, -0.05) is 50.3 Å². The average molecular weight is 449 g/mol. The molecule has 6 nitrogen and oxygen atoms in total. The van der Waals surface area contributed by atoms with Crippen molar-refractivity contribution < 1.29 is 13.9 Å². The highest BCUT2D eigenvalue weighted by Crippen LogP contribution is 2.40. The Morgan fingerprint density at radius 2 is 2.03 bits per heavy atom. The van der Waals surface area contributed by atoms with E-state index in [1.165, 1.54) is 11.6 Å². The van der Waals surface area contributed by atoms with Crippen molar-refractivity contribution in [3.8, 4) is 5.75 Å². The zero-order valence-electron chi connectivity index (χ0n) is 19.1. The lowest BCUT2D eigenvalue weighted by atomic mass is 10.1. The first-order valence-corrected chi connectivity index (χ1v) is 11.3. The minimum Gasteiger partial charge on any atom is -0.461 e. The lowest BCUT2D eigenvalue weighted by molar-refractivity contribution is 0.242. The quantitative estimate of drug-likeness (QED) is 0.545. The Hall–Kier alpha value is -3.61. The molecule has 0 saturated heterocycles. The number of hydrogen-bond acceptors (Lipinski definition) is 4. The maximum Gasteiger partial charge on any atom is 0.319 e. The standard InChI is InChI=1S/C26H29FN4O2/c1-4-18-23(12-13-29-25(18)28-3)33-24-15-20(27)21(11-10-16(24)2)30-26(32)31-22-14-19(22)17-8-6-5-7-9-17/h5-13,15-16,19,22H,4,14H2,1-3H3,(H,28,29)(H2,30,31,32)/t16-,19?,22+/m1/s1. The van der Waals surface area contributed by atoms with Crippen LogP contribution in [0.5, 0.6) is 5.75 Å². The maximum absolute atomic E-state index is 15.0. The molecule has 2 aliphatic rings. The van der Waals surface area contributed by atoms with E-state index in [9.17, 15) is 4.79 Å². The van der Waals surface area contributed by atoms with Crippen molar-refractivity contribution in [3.63, 3.8) is 0 Å². The van der Waals surface area contributed by atoms with Crippen molar-refractivity contribution in [1.29, 1.82) is 0 Å². The van der Waals surface area contributed by atoms with Crippen LogP contribution < -0.4 is 20.7 Å². The molecule has 1 aromatic heterocycles. The Bertz CT molecular complexity index is 1110. The van der Waals surface area contributed by atoms with Crippen molar-refractivity contribution in [3.05, 3.63) is 89.2 Å². The molecule has 1 aromatic carbocycles. The third kappa shape index (κ3) is 5.25. The third-order valence-corrected chi connectivity index (χ3v) is 5.94. The van der Waals surface area contributed by atoms with Crippen LogP contribution in [0.25, 0.3) is 0 Å². The van der Waals surface area contributed by atoms with E-state index in [1.807, 2.05) is 38.1 Å². The summed E-state index contributed by atoms with van der Waals surface area (Å²) >= 11 is 0. The molecule has 0 aliphatic heterocycles. The Morgan fingerprint density at radius 3 is 2.76 bits per heavy atom. The zero-order valence-corrected chi connectivity index (χ0v) is 19.1. The van der Waals surface area contributed by atoms with Gasteiger partial charge in [-0.25, -0.2) is 14.2 Å². The molecular formula is C26H29FN4O2. The number of aromatic nitrogens is 1. The van der Waals surface area contributed by atoms with Gasteiger partial charge in [0.2, 0.25) is 0 Å². The number of halogens is 1. The van der Waals surface area contributed by atoms with Gasteiger partial charge in [-0.3, -0.25) is 0 Å². The van der Waals surface area contributed by atoms with Crippen molar-refractivity contribution >= 4 is 11.8 Å². The summed E-state index contributed by atoms with van der Waals surface area (Å²) in [5.41, 5.74) is 2.22. The summed E-state index contributed by atoms with van der Waals surface area (Å²) in [6.07, 6.45) is 7.98. The summed E-state index contributed by atoms with van der Waals surface area (Å²) in [7, 11) is 1.80. The predicted molar refractivity (Wildman–Crippen MR) is 128 cm³/mol. The average Bonchev–Trinajstić information content (AvgIpc) is 3.61. The maximum atomic E-state index is 15.0. The van der Waals surface area contributed by atoms with Crippen LogP contribution in [0.1, 0.15) is 37.3 Å². The summed E-state index contributed by atoms with van der Waals surface area (Å²) in [6.45, 7) is 3.93. The van der Waals surface area contributed by atoms with Gasteiger partial charge >= 0.3 is 6.03 Å². The minimum absolute atomic E-state index is 0.0553. The SMILES string of the molecule is CCc1c(OC2=CC(F)=C(NC(=O)N[C@H]3CC3c3ccccc3)C=C[C@H]2C)ccnc1NC. The second kappa shape index (κ2) is 9.90. The number of allylic oxidation sites excluding steroid dienone is 4. The molecule has 2 aliphatic carbocycles. The number of carbonyl (C=O) groups is 1. The fourth-order valence-electron chi connectivity index (χ4n) is 3.98. The lowest BCUT2D eigenvalue weighted by Crippen LogP contribution is -2.36. The summed E-state index contributed by atoms with van der Waals surface area (Å²) in [5.74, 6) is 1.38. The Morgan fingerprint density at radius 1 is 1.24 bits per heavy atom. The van der Waals surface area contributed by atoms with Gasteiger partial charge in [-0.2, -0.15) is 0 Å². The minimum atomic E-state index is -0.558. The number of hydrogen-bond donors (Lipinski definition) is 3. The molecule has 3 atom stereocenters. The summed E-state index contributed by atoms with van der Waals surface area (Å²) in [5, 5.41) is 8.63. The lowest BCUT2D eigenvalue weighted by Gasteiger charge is -2.17. The molecule has 0 radical (unpaired) electrons. The van der Waals surface area contributed by atoms with Gasteiger partial charge in [0, 0.05) is 42.8 Å². The van der Waals surface area contributed by atoms with E-state index < -0.39 is 11.9 Å².